The van der Waals surface area contributed by atoms with Crippen LogP contribution in [0.3, 0.4) is 0 Å². The molecule has 1 aliphatic carbocycles. The van der Waals surface area contributed by atoms with Crippen LogP contribution >= 0.6 is 0 Å². The van der Waals surface area contributed by atoms with Crippen LogP contribution in [-0.2, 0) is 4.74 Å². The van der Waals surface area contributed by atoms with Gasteiger partial charge in [-0.1, -0.05) is 45.9 Å². The summed E-state index contributed by atoms with van der Waals surface area (Å²) in [5.74, 6) is 1.61. The molecule has 1 atom stereocenters. The largest absolute Gasteiger partial charge is 0.381 e. The third-order valence-electron chi connectivity index (χ3n) is 5.70. The van der Waals surface area contributed by atoms with Crippen LogP contribution in [0.2, 0.25) is 0 Å². The predicted molar refractivity (Wildman–Crippen MR) is 104 cm³/mol. The molecule has 2 heteroatoms. The Kier molecular flexibility index (Phi) is 8.03. The van der Waals surface area contributed by atoms with E-state index in [2.05, 4.69) is 50.8 Å². The fourth-order valence-electron chi connectivity index (χ4n) is 3.94. The van der Waals surface area contributed by atoms with Crippen LogP contribution in [0.1, 0.15) is 66.2 Å². The van der Waals surface area contributed by atoms with Gasteiger partial charge in [-0.2, -0.15) is 0 Å². The van der Waals surface area contributed by atoms with Crippen molar-refractivity contribution in [3.8, 4) is 0 Å². The van der Waals surface area contributed by atoms with Gasteiger partial charge in [-0.05, 0) is 81.0 Å². The van der Waals surface area contributed by atoms with E-state index in [1.54, 1.807) is 0 Å². The Morgan fingerprint density at radius 3 is 2.54 bits per heavy atom. The van der Waals surface area contributed by atoms with E-state index in [1.165, 1.54) is 57.3 Å². The van der Waals surface area contributed by atoms with Crippen LogP contribution in [0.4, 0.5) is 0 Å². The summed E-state index contributed by atoms with van der Waals surface area (Å²) in [7, 11) is 0. The van der Waals surface area contributed by atoms with E-state index >= 15 is 0 Å². The van der Waals surface area contributed by atoms with Crippen LogP contribution in [0, 0.1) is 17.3 Å². The molecule has 2 rings (SSSR count). The van der Waals surface area contributed by atoms with Crippen LogP contribution in [0.5, 0.6) is 0 Å². The Morgan fingerprint density at radius 1 is 1.12 bits per heavy atom. The van der Waals surface area contributed by atoms with Gasteiger partial charge >= 0.3 is 0 Å². The van der Waals surface area contributed by atoms with E-state index in [1.807, 2.05) is 0 Å². The molecule has 1 saturated heterocycles. The van der Waals surface area contributed by atoms with Crippen molar-refractivity contribution in [2.75, 3.05) is 32.8 Å². The summed E-state index contributed by atoms with van der Waals surface area (Å²) in [5, 5.41) is 0. The molecule has 0 aromatic rings. The van der Waals surface area contributed by atoms with Crippen molar-refractivity contribution in [1.29, 1.82) is 0 Å². The smallest absolute Gasteiger partial charge is 0.0506 e. The lowest BCUT2D eigenvalue weighted by Gasteiger charge is -2.38. The lowest BCUT2D eigenvalue weighted by molar-refractivity contribution is 0.103. The summed E-state index contributed by atoms with van der Waals surface area (Å²) in [6.07, 6.45) is 14.4. The first-order valence-electron chi connectivity index (χ1n) is 10.1. The van der Waals surface area contributed by atoms with Crippen LogP contribution < -0.4 is 0 Å². The standard InChI is InChI=1S/C22H39NO/c1-19-8-7-9-20(18-19)12-17-24-16-6-5-13-23-14-10-21(11-15-23)22(2,3)4/h7,9,18-19,21H,5-6,8,10-17H2,1-4H3. The maximum Gasteiger partial charge on any atom is 0.0506 e. The van der Waals surface area contributed by atoms with Gasteiger partial charge in [0.05, 0.1) is 6.61 Å². The molecule has 0 spiro atoms. The lowest BCUT2D eigenvalue weighted by Crippen LogP contribution is -2.38. The van der Waals surface area contributed by atoms with E-state index in [4.69, 9.17) is 4.74 Å². The van der Waals surface area contributed by atoms with Gasteiger partial charge in [-0.25, -0.2) is 0 Å². The summed E-state index contributed by atoms with van der Waals surface area (Å²) in [6, 6.07) is 0. The second-order valence-corrected chi connectivity index (χ2v) is 8.91. The normalized spacial score (nSPS) is 23.5. The molecule has 1 unspecified atom stereocenters. The van der Waals surface area contributed by atoms with E-state index in [0.29, 0.717) is 11.3 Å². The first-order chi connectivity index (χ1) is 11.4. The maximum absolute atomic E-state index is 5.83. The average molecular weight is 334 g/mol. The second-order valence-electron chi connectivity index (χ2n) is 8.91. The van der Waals surface area contributed by atoms with Gasteiger partial charge in [0.25, 0.3) is 0 Å². The first kappa shape index (κ1) is 19.7. The van der Waals surface area contributed by atoms with Crippen LogP contribution in [0.15, 0.2) is 23.8 Å². The number of hydrogen-bond acceptors (Lipinski definition) is 2. The van der Waals surface area contributed by atoms with Crippen LogP contribution in [0.25, 0.3) is 0 Å². The molecule has 0 saturated carbocycles. The van der Waals surface area contributed by atoms with Gasteiger partial charge in [0, 0.05) is 6.61 Å². The van der Waals surface area contributed by atoms with Crippen molar-refractivity contribution in [1.82, 2.24) is 4.90 Å². The molecule has 1 aliphatic heterocycles. The quantitative estimate of drug-likeness (QED) is 0.547. The number of nitrogens with zero attached hydrogens (tertiary/aromatic N) is 1. The summed E-state index contributed by atoms with van der Waals surface area (Å²) in [6.45, 7) is 15.1. The Bertz CT molecular complexity index is 410. The number of allylic oxidation sites excluding steroid dienone is 3. The molecule has 0 N–H and O–H groups in total. The number of ether oxygens (including phenoxy) is 1. The zero-order valence-corrected chi connectivity index (χ0v) is 16.5. The van der Waals surface area contributed by atoms with Gasteiger partial charge in [0.2, 0.25) is 0 Å². The van der Waals surface area contributed by atoms with Crippen molar-refractivity contribution in [2.24, 2.45) is 17.3 Å². The molecule has 2 aliphatic rings. The van der Waals surface area contributed by atoms with Crippen molar-refractivity contribution in [3.63, 3.8) is 0 Å². The molecule has 138 valence electrons. The third kappa shape index (κ3) is 7.11. The third-order valence-corrected chi connectivity index (χ3v) is 5.70. The van der Waals surface area contributed by atoms with Gasteiger partial charge in [0.1, 0.15) is 0 Å². The molecule has 1 fully saturated rings. The molecule has 0 bridgehead atoms. The summed E-state index contributed by atoms with van der Waals surface area (Å²) < 4.78 is 5.83. The molecule has 24 heavy (non-hydrogen) atoms. The number of piperidine rings is 1. The summed E-state index contributed by atoms with van der Waals surface area (Å²) >= 11 is 0. The van der Waals surface area contributed by atoms with Crippen molar-refractivity contribution in [3.05, 3.63) is 23.8 Å². The number of unbranched alkanes of at least 4 members (excludes halogenated alkanes) is 1. The van der Waals surface area contributed by atoms with E-state index < -0.39 is 0 Å². The van der Waals surface area contributed by atoms with Gasteiger partial charge in [-0.15, -0.1) is 0 Å². The topological polar surface area (TPSA) is 12.5 Å². The molecule has 0 aromatic carbocycles. The number of rotatable bonds is 8. The fourth-order valence-corrected chi connectivity index (χ4v) is 3.94. The minimum absolute atomic E-state index is 0.487. The van der Waals surface area contributed by atoms with Crippen molar-refractivity contribution >= 4 is 0 Å². The molecule has 0 aromatic heterocycles. The molecule has 0 amide bonds. The predicted octanol–water partition coefficient (Wildman–Crippen LogP) is 5.45. The zero-order valence-electron chi connectivity index (χ0n) is 16.5. The summed E-state index contributed by atoms with van der Waals surface area (Å²) in [4.78, 5) is 2.65. The average Bonchev–Trinajstić information content (AvgIpc) is 2.53. The van der Waals surface area contributed by atoms with E-state index in [-0.39, 0.29) is 0 Å². The molecule has 2 nitrogen and oxygen atoms in total. The molecule has 1 heterocycles. The maximum atomic E-state index is 5.83. The minimum atomic E-state index is 0.487. The Balaban J connectivity index is 1.45. The van der Waals surface area contributed by atoms with Crippen molar-refractivity contribution in [2.45, 2.75) is 66.2 Å². The Labute approximate surface area is 150 Å². The number of hydrogen-bond donors (Lipinski definition) is 0. The van der Waals surface area contributed by atoms with Gasteiger partial charge in [0.15, 0.2) is 0 Å². The highest BCUT2D eigenvalue weighted by molar-refractivity contribution is 5.23. The van der Waals surface area contributed by atoms with Gasteiger partial charge in [-0.3, -0.25) is 0 Å². The lowest BCUT2D eigenvalue weighted by atomic mass is 9.75. The minimum Gasteiger partial charge on any atom is -0.381 e. The number of likely N-dealkylation sites (tertiary alicyclic amines) is 1. The van der Waals surface area contributed by atoms with Crippen LogP contribution in [-0.4, -0.2) is 37.7 Å². The van der Waals surface area contributed by atoms with Gasteiger partial charge < -0.3 is 9.64 Å². The fraction of sp³-hybridized carbons (Fsp3) is 0.818. The summed E-state index contributed by atoms with van der Waals surface area (Å²) in [5.41, 5.74) is 1.94. The molecular formula is C22H39NO. The second kappa shape index (κ2) is 9.77. The SMILES string of the molecule is CC1C=C(CCOCCCCN2CCC(C(C)(C)C)CC2)C=CC1. The first-order valence-corrected chi connectivity index (χ1v) is 10.1. The Hall–Kier alpha value is -0.600. The molecular weight excluding hydrogens is 294 g/mol. The van der Waals surface area contributed by atoms with E-state index in [0.717, 1.165) is 25.6 Å². The van der Waals surface area contributed by atoms with E-state index in [9.17, 15) is 0 Å². The monoisotopic (exact) mass is 333 g/mol. The Morgan fingerprint density at radius 2 is 1.88 bits per heavy atom. The van der Waals surface area contributed by atoms with Crippen molar-refractivity contribution < 1.29 is 4.74 Å². The zero-order chi connectivity index (χ0) is 17.4. The highest BCUT2D eigenvalue weighted by Gasteiger charge is 2.28. The molecule has 0 radical (unpaired) electrons. The highest BCUT2D eigenvalue weighted by Crippen LogP contribution is 2.34. The highest BCUT2D eigenvalue weighted by atomic mass is 16.5.